The highest BCUT2D eigenvalue weighted by Gasteiger charge is 2.35. The standard InChI is InChI=1S/C31H32BrFN4O4S/c1-21(2)42(38,39)14-12-34-19-31(11-4-13-41-31)23-7-9-28-26(16-23)30(36-20-35-28)37-25-8-10-29(27(32)17-25)40-18-22-5-3-6-24(33)15-22/h3-10,13,15-17,20-21,34H,11-12,14,18-19H2,1-2H3,(H,35,36,37). The minimum Gasteiger partial charge on any atom is -0.489 e. The molecule has 1 atom stereocenters. The molecule has 1 aliphatic rings. The predicted octanol–water partition coefficient (Wildman–Crippen LogP) is 6.40. The number of rotatable bonds is 12. The Labute approximate surface area is 253 Å². The summed E-state index contributed by atoms with van der Waals surface area (Å²) in [4.78, 5) is 8.94. The third kappa shape index (κ3) is 6.91. The van der Waals surface area contributed by atoms with Crippen LogP contribution in [-0.4, -0.2) is 42.5 Å². The molecular weight excluding hydrogens is 623 g/mol. The lowest BCUT2D eigenvalue weighted by atomic mass is 9.90. The summed E-state index contributed by atoms with van der Waals surface area (Å²) in [5, 5.41) is 7.08. The molecule has 1 unspecified atom stereocenters. The molecule has 220 valence electrons. The Bertz CT molecular complexity index is 1710. The van der Waals surface area contributed by atoms with Gasteiger partial charge in [0, 0.05) is 30.6 Å². The van der Waals surface area contributed by atoms with E-state index in [1.165, 1.54) is 18.5 Å². The normalized spacial score (nSPS) is 16.6. The maximum absolute atomic E-state index is 13.5. The van der Waals surface area contributed by atoms with E-state index in [9.17, 15) is 12.8 Å². The van der Waals surface area contributed by atoms with Crippen LogP contribution in [0.2, 0.25) is 0 Å². The lowest BCUT2D eigenvalue weighted by molar-refractivity contribution is 0.0419. The van der Waals surface area contributed by atoms with Crippen LogP contribution < -0.4 is 15.4 Å². The molecule has 0 amide bonds. The van der Waals surface area contributed by atoms with Crippen molar-refractivity contribution in [3.8, 4) is 5.75 Å². The van der Waals surface area contributed by atoms with E-state index in [1.807, 2.05) is 48.5 Å². The molecule has 5 rings (SSSR count). The number of hydrogen-bond donors (Lipinski definition) is 2. The van der Waals surface area contributed by atoms with E-state index in [0.29, 0.717) is 31.1 Å². The molecule has 8 nitrogen and oxygen atoms in total. The van der Waals surface area contributed by atoms with E-state index in [2.05, 4.69) is 36.5 Å². The van der Waals surface area contributed by atoms with Crippen LogP contribution in [0.3, 0.4) is 0 Å². The highest BCUT2D eigenvalue weighted by atomic mass is 79.9. The number of benzene rings is 3. The molecule has 0 fully saturated rings. The van der Waals surface area contributed by atoms with Crippen LogP contribution in [0.15, 0.2) is 83.8 Å². The van der Waals surface area contributed by atoms with Crippen molar-refractivity contribution in [3.63, 3.8) is 0 Å². The maximum Gasteiger partial charge on any atom is 0.153 e. The number of nitrogens with one attached hydrogen (secondary N) is 2. The number of anilines is 2. The van der Waals surface area contributed by atoms with Gasteiger partial charge in [0.15, 0.2) is 9.84 Å². The van der Waals surface area contributed by atoms with Crippen molar-refractivity contribution in [2.24, 2.45) is 0 Å². The molecule has 1 aromatic heterocycles. The van der Waals surface area contributed by atoms with E-state index in [4.69, 9.17) is 9.47 Å². The van der Waals surface area contributed by atoms with E-state index < -0.39 is 20.7 Å². The highest BCUT2D eigenvalue weighted by molar-refractivity contribution is 9.10. The van der Waals surface area contributed by atoms with Crippen LogP contribution in [-0.2, 0) is 26.8 Å². The first-order chi connectivity index (χ1) is 20.1. The number of hydrogen-bond acceptors (Lipinski definition) is 8. The summed E-state index contributed by atoms with van der Waals surface area (Å²) in [6.45, 7) is 4.41. The Balaban J connectivity index is 1.32. The highest BCUT2D eigenvalue weighted by Crippen LogP contribution is 2.37. The molecule has 2 N–H and O–H groups in total. The smallest absolute Gasteiger partial charge is 0.153 e. The first kappa shape index (κ1) is 29.9. The zero-order chi connectivity index (χ0) is 29.7. The first-order valence-electron chi connectivity index (χ1n) is 13.6. The average Bonchev–Trinajstić information content (AvgIpc) is 3.45. The molecule has 0 spiro atoms. The van der Waals surface area contributed by atoms with Gasteiger partial charge >= 0.3 is 0 Å². The van der Waals surface area contributed by atoms with Crippen molar-refractivity contribution in [2.75, 3.05) is 24.2 Å². The summed E-state index contributed by atoms with van der Waals surface area (Å²) < 4.78 is 50.7. The van der Waals surface area contributed by atoms with Crippen molar-refractivity contribution in [1.82, 2.24) is 15.3 Å². The van der Waals surface area contributed by atoms with Crippen molar-refractivity contribution in [2.45, 2.75) is 37.7 Å². The fourth-order valence-corrected chi connectivity index (χ4v) is 6.06. The van der Waals surface area contributed by atoms with E-state index >= 15 is 0 Å². The van der Waals surface area contributed by atoms with Crippen molar-refractivity contribution < 1.29 is 22.3 Å². The Kier molecular flexibility index (Phi) is 9.10. The second-order valence-electron chi connectivity index (χ2n) is 10.4. The van der Waals surface area contributed by atoms with Crippen molar-refractivity contribution in [1.29, 1.82) is 0 Å². The van der Waals surface area contributed by atoms with Crippen LogP contribution >= 0.6 is 15.9 Å². The lowest BCUT2D eigenvalue weighted by Crippen LogP contribution is -2.40. The van der Waals surface area contributed by atoms with Gasteiger partial charge in [0.05, 0.1) is 27.3 Å². The van der Waals surface area contributed by atoms with Crippen LogP contribution in [0.1, 0.15) is 31.4 Å². The maximum atomic E-state index is 13.5. The third-order valence-corrected chi connectivity index (χ3v) is 10.00. The number of halogens is 2. The summed E-state index contributed by atoms with van der Waals surface area (Å²) >= 11 is 3.57. The minimum atomic E-state index is -3.13. The van der Waals surface area contributed by atoms with Crippen LogP contribution in [0, 0.1) is 5.82 Å². The second kappa shape index (κ2) is 12.8. The Morgan fingerprint density at radius 1 is 1.12 bits per heavy atom. The fourth-order valence-electron chi connectivity index (χ4n) is 4.67. The van der Waals surface area contributed by atoms with Crippen LogP contribution in [0.5, 0.6) is 5.75 Å². The van der Waals surface area contributed by atoms with Gasteiger partial charge < -0.3 is 20.1 Å². The largest absolute Gasteiger partial charge is 0.489 e. The van der Waals surface area contributed by atoms with Gasteiger partial charge in [-0.2, -0.15) is 0 Å². The van der Waals surface area contributed by atoms with Gasteiger partial charge in [-0.15, -0.1) is 0 Å². The first-order valence-corrected chi connectivity index (χ1v) is 16.1. The number of ether oxygens (including phenoxy) is 2. The summed E-state index contributed by atoms with van der Waals surface area (Å²) in [6, 6.07) is 17.8. The number of nitrogens with zero attached hydrogens (tertiary/aromatic N) is 2. The Morgan fingerprint density at radius 3 is 2.71 bits per heavy atom. The summed E-state index contributed by atoms with van der Waals surface area (Å²) in [6.07, 6.45) is 5.80. The summed E-state index contributed by atoms with van der Waals surface area (Å²) in [5.74, 6) is 1.02. The van der Waals surface area contributed by atoms with Crippen molar-refractivity contribution in [3.05, 3.63) is 101 Å². The number of fused-ring (bicyclic) bond motifs is 1. The Morgan fingerprint density at radius 2 is 1.98 bits per heavy atom. The zero-order valence-electron chi connectivity index (χ0n) is 23.3. The SMILES string of the molecule is CC(C)S(=O)(=O)CCNCC1(c2ccc3ncnc(Nc4ccc(OCc5cccc(F)c5)c(Br)c4)c3c2)CC=CO1. The zero-order valence-corrected chi connectivity index (χ0v) is 25.7. The average molecular weight is 656 g/mol. The van der Waals surface area contributed by atoms with Crippen LogP contribution in [0.4, 0.5) is 15.9 Å². The molecule has 0 radical (unpaired) electrons. The molecule has 0 bridgehead atoms. The van der Waals surface area contributed by atoms with E-state index in [-0.39, 0.29) is 18.2 Å². The van der Waals surface area contributed by atoms with Gasteiger partial charge in [0.1, 0.15) is 35.9 Å². The molecule has 0 saturated heterocycles. The monoisotopic (exact) mass is 654 g/mol. The minimum absolute atomic E-state index is 0.0675. The van der Waals surface area contributed by atoms with Crippen molar-refractivity contribution >= 4 is 48.2 Å². The molecule has 0 saturated carbocycles. The molecule has 42 heavy (non-hydrogen) atoms. The van der Waals surface area contributed by atoms with E-state index in [1.54, 1.807) is 26.2 Å². The molecule has 0 aliphatic carbocycles. The van der Waals surface area contributed by atoms with E-state index in [0.717, 1.165) is 32.2 Å². The van der Waals surface area contributed by atoms with Gasteiger partial charge in [-0.25, -0.2) is 22.8 Å². The van der Waals surface area contributed by atoms with Gasteiger partial charge in [-0.05, 0) is 89.4 Å². The van der Waals surface area contributed by atoms with Crippen LogP contribution in [0.25, 0.3) is 10.9 Å². The summed E-state index contributed by atoms with van der Waals surface area (Å²) in [7, 11) is -3.13. The quantitative estimate of drug-likeness (QED) is 0.169. The lowest BCUT2D eigenvalue weighted by Gasteiger charge is -2.30. The van der Waals surface area contributed by atoms with Gasteiger partial charge in [-0.1, -0.05) is 18.2 Å². The fraction of sp³-hybridized carbons (Fsp3) is 0.290. The molecular formula is C31H32BrFN4O4S. The van der Waals surface area contributed by atoms with Gasteiger partial charge in [-0.3, -0.25) is 0 Å². The molecule has 11 heteroatoms. The molecule has 4 aromatic rings. The number of aromatic nitrogens is 2. The van der Waals surface area contributed by atoms with Gasteiger partial charge in [0.2, 0.25) is 0 Å². The summed E-state index contributed by atoms with van der Waals surface area (Å²) in [5.41, 5.74) is 2.54. The number of sulfone groups is 1. The second-order valence-corrected chi connectivity index (χ2v) is 14.0. The molecule has 1 aliphatic heterocycles. The third-order valence-electron chi connectivity index (χ3n) is 7.17. The Hall–Kier alpha value is -3.54. The molecule has 2 heterocycles. The topological polar surface area (TPSA) is 102 Å². The predicted molar refractivity (Wildman–Crippen MR) is 166 cm³/mol. The molecule has 3 aromatic carbocycles. The van der Waals surface area contributed by atoms with Gasteiger partial charge in [0.25, 0.3) is 0 Å².